The molecular formula is C13H14Br2N6O4. The van der Waals surface area contributed by atoms with Gasteiger partial charge in [0.1, 0.15) is 6.17 Å². The van der Waals surface area contributed by atoms with Crippen LogP contribution in [0.15, 0.2) is 39.1 Å². The van der Waals surface area contributed by atoms with Crippen LogP contribution in [0, 0.1) is 10.1 Å². The Labute approximate surface area is 161 Å². The van der Waals surface area contributed by atoms with Gasteiger partial charge in [-0.05, 0) is 0 Å². The lowest BCUT2D eigenvalue weighted by molar-refractivity contribution is -0.384. The minimum Gasteiger partial charge on any atom is -0.352 e. The van der Waals surface area contributed by atoms with E-state index in [9.17, 15) is 19.7 Å². The number of nitro groups is 1. The van der Waals surface area contributed by atoms with Crippen molar-refractivity contribution < 1.29 is 4.92 Å². The van der Waals surface area contributed by atoms with Gasteiger partial charge in [0, 0.05) is 42.9 Å². The zero-order valence-corrected chi connectivity index (χ0v) is 16.0. The van der Waals surface area contributed by atoms with Crippen molar-refractivity contribution in [2.75, 3.05) is 0 Å². The Morgan fingerprint density at radius 2 is 1.92 bits per heavy atom. The number of aliphatic imine (C=N–C) groups is 1. The highest BCUT2D eigenvalue weighted by atomic mass is 79.9. The highest BCUT2D eigenvalue weighted by molar-refractivity contribution is 8.93. The van der Waals surface area contributed by atoms with E-state index in [0.717, 1.165) is 0 Å². The fraction of sp³-hybridized carbons (Fsp3) is 0.154. The molecule has 0 saturated heterocycles. The second-order valence-electron chi connectivity index (χ2n) is 4.95. The number of H-pyrrole nitrogens is 2. The van der Waals surface area contributed by atoms with Crippen molar-refractivity contribution in [2.45, 2.75) is 12.7 Å². The van der Waals surface area contributed by atoms with Crippen molar-refractivity contribution in [3.63, 3.8) is 0 Å². The summed E-state index contributed by atoms with van der Waals surface area (Å²) >= 11 is 0. The van der Waals surface area contributed by atoms with Crippen LogP contribution in [0.5, 0.6) is 0 Å². The van der Waals surface area contributed by atoms with E-state index in [-0.39, 0.29) is 51.7 Å². The summed E-state index contributed by atoms with van der Waals surface area (Å²) in [5.74, 6) is 0. The fourth-order valence-corrected chi connectivity index (χ4v) is 2.31. The smallest absolute Gasteiger partial charge is 0.314 e. The number of nitrogens with one attached hydrogen (secondary N) is 2. The minimum atomic E-state index is -0.870. The van der Waals surface area contributed by atoms with Crippen LogP contribution in [0.1, 0.15) is 5.56 Å². The summed E-state index contributed by atoms with van der Waals surface area (Å²) in [7, 11) is 0. The zero-order valence-electron chi connectivity index (χ0n) is 12.5. The van der Waals surface area contributed by atoms with E-state index in [1.54, 1.807) is 11.1 Å². The second-order valence-corrected chi connectivity index (χ2v) is 4.95. The summed E-state index contributed by atoms with van der Waals surface area (Å²) in [6, 6.07) is 2.53. The van der Waals surface area contributed by atoms with E-state index in [4.69, 9.17) is 5.73 Å². The Morgan fingerprint density at radius 1 is 1.24 bits per heavy atom. The molecule has 0 saturated carbocycles. The number of hydrogen-bond donors (Lipinski definition) is 3. The SMILES string of the molecule is Br.Br.NC1C=NC=CN1Cc1cc([N+](=O)[O-])cc2[nH]c(=O)c(=O)[nH]c12. The van der Waals surface area contributed by atoms with Gasteiger partial charge in [0.05, 0.1) is 16.0 Å². The van der Waals surface area contributed by atoms with E-state index in [1.807, 2.05) is 0 Å². The lowest BCUT2D eigenvalue weighted by atomic mass is 10.1. The first kappa shape index (κ1) is 20.7. The third-order valence-electron chi connectivity index (χ3n) is 3.43. The number of hydrogen-bond acceptors (Lipinski definition) is 7. The van der Waals surface area contributed by atoms with Gasteiger partial charge in [-0.15, -0.1) is 34.0 Å². The van der Waals surface area contributed by atoms with Gasteiger partial charge in [0.15, 0.2) is 0 Å². The largest absolute Gasteiger partial charge is 0.352 e. The normalized spacial score (nSPS) is 15.6. The quantitative estimate of drug-likeness (QED) is 0.339. The average Bonchev–Trinajstić information content (AvgIpc) is 2.51. The third-order valence-corrected chi connectivity index (χ3v) is 3.43. The summed E-state index contributed by atoms with van der Waals surface area (Å²) < 4.78 is 0. The first-order valence-electron chi connectivity index (χ1n) is 6.60. The van der Waals surface area contributed by atoms with Gasteiger partial charge in [-0.25, -0.2) is 0 Å². The van der Waals surface area contributed by atoms with Crippen LogP contribution in [0.3, 0.4) is 0 Å². The number of aromatic nitrogens is 2. The molecule has 0 spiro atoms. The van der Waals surface area contributed by atoms with E-state index in [0.29, 0.717) is 11.1 Å². The first-order valence-corrected chi connectivity index (χ1v) is 6.60. The van der Waals surface area contributed by atoms with Crippen molar-refractivity contribution in [1.29, 1.82) is 0 Å². The zero-order chi connectivity index (χ0) is 16.6. The van der Waals surface area contributed by atoms with Gasteiger partial charge < -0.3 is 20.6 Å². The molecule has 1 aliphatic heterocycles. The number of fused-ring (bicyclic) bond motifs is 1. The lowest BCUT2D eigenvalue weighted by Crippen LogP contribution is -2.40. The molecule has 12 heteroatoms. The number of benzene rings is 1. The molecule has 1 atom stereocenters. The summed E-state index contributed by atoms with van der Waals surface area (Å²) in [6.07, 6.45) is 4.19. The van der Waals surface area contributed by atoms with E-state index < -0.39 is 22.2 Å². The van der Waals surface area contributed by atoms with Crippen molar-refractivity contribution in [3.05, 3.63) is 60.9 Å². The number of nitrogens with two attached hydrogens (primary N) is 1. The topological polar surface area (TPSA) is 150 Å². The van der Waals surface area contributed by atoms with Gasteiger partial charge in [-0.2, -0.15) is 0 Å². The Kier molecular flexibility index (Phi) is 6.78. The predicted molar refractivity (Wildman–Crippen MR) is 104 cm³/mol. The molecule has 1 aromatic carbocycles. The van der Waals surface area contributed by atoms with Crippen molar-refractivity contribution >= 4 is 56.9 Å². The van der Waals surface area contributed by atoms with Gasteiger partial charge in [-0.1, -0.05) is 0 Å². The highest BCUT2D eigenvalue weighted by Gasteiger charge is 2.18. The fourth-order valence-electron chi connectivity index (χ4n) is 2.31. The van der Waals surface area contributed by atoms with Gasteiger partial charge in [-0.3, -0.25) is 24.7 Å². The molecule has 1 aromatic heterocycles. The van der Waals surface area contributed by atoms with Crippen LogP contribution in [0.2, 0.25) is 0 Å². The summed E-state index contributed by atoms with van der Waals surface area (Å²) in [6.45, 7) is 0.198. The van der Waals surface area contributed by atoms with Gasteiger partial charge >= 0.3 is 11.1 Å². The molecule has 0 amide bonds. The Balaban J connectivity index is 0.00000156. The Hall–Kier alpha value is -2.31. The number of rotatable bonds is 3. The summed E-state index contributed by atoms with van der Waals surface area (Å²) in [5.41, 5.74) is 4.95. The number of halogens is 2. The van der Waals surface area contributed by atoms with Crippen LogP contribution < -0.4 is 16.9 Å². The Bertz CT molecular complexity index is 967. The standard InChI is InChI=1S/C13H12N6O4.2BrH/c14-10-5-15-1-2-18(10)6-7-3-8(19(22)23)4-9-11(7)17-13(21)12(20)16-9;;/h1-5,10H,6,14H2,(H,16,20)(H,17,21);2*1H. The molecule has 3 rings (SSSR count). The minimum absolute atomic E-state index is 0. The molecule has 134 valence electrons. The van der Waals surface area contributed by atoms with Crippen molar-refractivity contribution in [3.8, 4) is 0 Å². The molecule has 4 N–H and O–H groups in total. The number of aromatic amines is 2. The molecule has 2 heterocycles. The van der Waals surface area contributed by atoms with Crippen LogP contribution in [-0.2, 0) is 6.54 Å². The maximum absolute atomic E-state index is 11.6. The molecule has 0 fully saturated rings. The van der Waals surface area contributed by atoms with Gasteiger partial charge in [0.25, 0.3) is 5.69 Å². The molecule has 1 aliphatic rings. The maximum Gasteiger partial charge on any atom is 0.314 e. The molecule has 25 heavy (non-hydrogen) atoms. The number of nitrogens with zero attached hydrogens (tertiary/aromatic N) is 3. The van der Waals surface area contributed by atoms with E-state index in [1.165, 1.54) is 24.5 Å². The lowest BCUT2D eigenvalue weighted by Gasteiger charge is -2.26. The molecule has 2 aromatic rings. The van der Waals surface area contributed by atoms with Crippen LogP contribution >= 0.6 is 34.0 Å². The average molecular weight is 478 g/mol. The van der Waals surface area contributed by atoms with E-state index >= 15 is 0 Å². The van der Waals surface area contributed by atoms with Crippen LogP contribution in [-0.4, -0.2) is 32.2 Å². The van der Waals surface area contributed by atoms with Crippen molar-refractivity contribution in [2.24, 2.45) is 10.7 Å². The molecule has 0 bridgehead atoms. The molecular weight excluding hydrogens is 464 g/mol. The molecule has 0 radical (unpaired) electrons. The summed E-state index contributed by atoms with van der Waals surface area (Å²) in [5, 5.41) is 11.1. The third kappa shape index (κ3) is 4.21. The van der Waals surface area contributed by atoms with E-state index in [2.05, 4.69) is 15.0 Å². The molecule has 0 aliphatic carbocycles. The van der Waals surface area contributed by atoms with Crippen LogP contribution in [0.25, 0.3) is 11.0 Å². The number of nitro benzene ring substituents is 1. The summed E-state index contributed by atoms with van der Waals surface area (Å²) in [4.78, 5) is 43.9. The second kappa shape index (κ2) is 8.18. The monoisotopic (exact) mass is 476 g/mol. The molecule has 1 unspecified atom stereocenters. The Morgan fingerprint density at radius 3 is 2.56 bits per heavy atom. The van der Waals surface area contributed by atoms with Crippen LogP contribution in [0.4, 0.5) is 5.69 Å². The highest BCUT2D eigenvalue weighted by Crippen LogP contribution is 2.23. The first-order chi connectivity index (χ1) is 11.0. The van der Waals surface area contributed by atoms with Gasteiger partial charge in [0.2, 0.25) is 0 Å². The van der Waals surface area contributed by atoms with Crippen molar-refractivity contribution in [1.82, 2.24) is 14.9 Å². The maximum atomic E-state index is 11.6. The predicted octanol–water partition coefficient (Wildman–Crippen LogP) is 0.923. The number of non-ortho nitro benzene ring substituents is 1. The molecule has 10 nitrogen and oxygen atoms in total.